The Morgan fingerprint density at radius 2 is 1.69 bits per heavy atom. The van der Waals surface area contributed by atoms with Crippen LogP contribution in [0.25, 0.3) is 11.0 Å². The molecule has 0 atom stereocenters. The number of aromatic nitrogens is 2. The Kier molecular flexibility index (Phi) is 4.93. The zero-order valence-corrected chi connectivity index (χ0v) is 14.6. The van der Waals surface area contributed by atoms with E-state index >= 15 is 0 Å². The number of amides is 1. The van der Waals surface area contributed by atoms with Crippen LogP contribution in [0.1, 0.15) is 23.0 Å². The van der Waals surface area contributed by atoms with Gasteiger partial charge in [0.15, 0.2) is 17.7 Å². The van der Waals surface area contributed by atoms with Crippen LogP contribution in [0.15, 0.2) is 36.4 Å². The van der Waals surface area contributed by atoms with Crippen LogP contribution in [0, 0.1) is 33.4 Å². The maximum absolute atomic E-state index is 13.5. The van der Waals surface area contributed by atoms with Gasteiger partial charge in [-0.3, -0.25) is 4.79 Å². The zero-order valence-electron chi connectivity index (χ0n) is 14.6. The first-order chi connectivity index (χ1) is 13.7. The fourth-order valence-corrected chi connectivity index (χ4v) is 2.57. The van der Waals surface area contributed by atoms with Crippen LogP contribution in [-0.2, 0) is 4.79 Å². The van der Waals surface area contributed by atoms with Crippen LogP contribution in [-0.4, -0.2) is 11.9 Å². The van der Waals surface area contributed by atoms with Crippen molar-refractivity contribution < 1.29 is 32.6 Å². The van der Waals surface area contributed by atoms with Crippen molar-refractivity contribution in [2.24, 2.45) is 0 Å². The van der Waals surface area contributed by atoms with E-state index in [1.54, 1.807) is 0 Å². The minimum absolute atomic E-state index is 0.0723. The highest BCUT2D eigenvalue weighted by atomic mass is 19.2. The number of ether oxygens (including phenoxy) is 1. The lowest BCUT2D eigenvalue weighted by molar-refractivity contribution is -0.620. The standard InChI is InChI=1S/C18H10F2N4O5/c1-9(25)29-16-5-3-2-4-10(16)18(26)22-17-15(8-21)23(27)13-6-11(19)12(20)7-14(13)24(17)28/h2-7H,1H3,(H,22,26). The van der Waals surface area contributed by atoms with Gasteiger partial charge < -0.3 is 15.2 Å². The number of halogens is 2. The number of benzene rings is 2. The van der Waals surface area contributed by atoms with Gasteiger partial charge >= 0.3 is 23.4 Å². The van der Waals surface area contributed by atoms with Crippen molar-refractivity contribution >= 4 is 28.7 Å². The largest absolute Gasteiger partial charge is 0.710 e. The third-order valence-electron chi connectivity index (χ3n) is 3.81. The fraction of sp³-hybridized carbons (Fsp3) is 0.0556. The van der Waals surface area contributed by atoms with Gasteiger partial charge in [-0.25, -0.2) is 18.3 Å². The molecule has 0 spiro atoms. The van der Waals surface area contributed by atoms with Gasteiger partial charge in [-0.05, 0) is 12.1 Å². The predicted octanol–water partition coefficient (Wildman–Crippen LogP) is 1.43. The molecular weight excluding hydrogens is 390 g/mol. The maximum atomic E-state index is 13.5. The summed E-state index contributed by atoms with van der Waals surface area (Å²) in [7, 11) is 0. The molecule has 1 aromatic heterocycles. The van der Waals surface area contributed by atoms with E-state index in [1.807, 2.05) is 0 Å². The van der Waals surface area contributed by atoms with Crippen molar-refractivity contribution in [3.63, 3.8) is 0 Å². The molecule has 0 aliphatic rings. The Labute approximate surface area is 161 Å². The molecule has 1 N–H and O–H groups in total. The Bertz CT molecular complexity index is 1220. The van der Waals surface area contributed by atoms with Gasteiger partial charge in [-0.15, -0.1) is 4.73 Å². The minimum Gasteiger partial charge on any atom is -0.710 e. The average Bonchev–Trinajstić information content (AvgIpc) is 2.67. The third-order valence-corrected chi connectivity index (χ3v) is 3.81. The summed E-state index contributed by atoms with van der Waals surface area (Å²) in [6.07, 6.45) is 0. The number of rotatable bonds is 3. The predicted molar refractivity (Wildman–Crippen MR) is 92.2 cm³/mol. The minimum atomic E-state index is -1.40. The van der Waals surface area contributed by atoms with E-state index < -0.39 is 46.1 Å². The Morgan fingerprint density at radius 3 is 2.28 bits per heavy atom. The van der Waals surface area contributed by atoms with Crippen LogP contribution >= 0.6 is 0 Å². The summed E-state index contributed by atoms with van der Waals surface area (Å²) in [4.78, 5) is 23.8. The van der Waals surface area contributed by atoms with Crippen molar-refractivity contribution in [1.29, 1.82) is 5.26 Å². The number of esters is 1. The molecule has 11 heteroatoms. The highest BCUT2D eigenvalue weighted by Crippen LogP contribution is 2.21. The summed E-state index contributed by atoms with van der Waals surface area (Å²) in [6.45, 7) is 1.12. The normalized spacial score (nSPS) is 10.4. The highest BCUT2D eigenvalue weighted by Gasteiger charge is 2.31. The lowest BCUT2D eigenvalue weighted by Gasteiger charge is -2.13. The summed E-state index contributed by atoms with van der Waals surface area (Å²) in [5, 5.41) is 36.3. The number of nitriles is 1. The molecule has 0 saturated heterocycles. The van der Waals surface area contributed by atoms with E-state index in [9.17, 15) is 34.0 Å². The summed E-state index contributed by atoms with van der Waals surface area (Å²) >= 11 is 0. The molecule has 146 valence electrons. The maximum Gasteiger partial charge on any atom is 0.386 e. The number of nitrogens with zero attached hydrogens (tertiary/aromatic N) is 3. The number of hydrogen-bond donors (Lipinski definition) is 1. The molecule has 0 unspecified atom stereocenters. The Hall–Kier alpha value is -4.33. The van der Waals surface area contributed by atoms with E-state index in [1.165, 1.54) is 30.3 Å². The van der Waals surface area contributed by atoms with Crippen LogP contribution in [0.4, 0.5) is 14.6 Å². The van der Waals surface area contributed by atoms with Crippen molar-refractivity contribution in [2.45, 2.75) is 6.92 Å². The molecule has 2 aromatic carbocycles. The van der Waals surface area contributed by atoms with E-state index in [4.69, 9.17) is 4.74 Å². The lowest BCUT2D eigenvalue weighted by Crippen LogP contribution is -2.45. The molecule has 3 rings (SSSR count). The lowest BCUT2D eigenvalue weighted by atomic mass is 10.2. The average molecular weight is 400 g/mol. The number of carbonyl (C=O) groups excluding carboxylic acids is 2. The highest BCUT2D eigenvalue weighted by molar-refractivity contribution is 6.06. The second-order valence-corrected chi connectivity index (χ2v) is 5.70. The molecule has 0 aliphatic carbocycles. The van der Waals surface area contributed by atoms with Crippen molar-refractivity contribution in [1.82, 2.24) is 0 Å². The molecule has 0 radical (unpaired) electrons. The first-order valence-electron chi connectivity index (χ1n) is 7.91. The molecule has 9 nitrogen and oxygen atoms in total. The fourth-order valence-electron chi connectivity index (χ4n) is 2.57. The van der Waals surface area contributed by atoms with E-state index in [-0.39, 0.29) is 20.8 Å². The molecule has 3 aromatic rings. The Morgan fingerprint density at radius 1 is 1.10 bits per heavy atom. The smallest absolute Gasteiger partial charge is 0.386 e. The molecule has 0 bridgehead atoms. The number of nitrogens with one attached hydrogen (secondary N) is 1. The van der Waals surface area contributed by atoms with Gasteiger partial charge in [0.05, 0.1) is 6.07 Å². The summed E-state index contributed by atoms with van der Waals surface area (Å²) < 4.78 is 31.7. The summed E-state index contributed by atoms with van der Waals surface area (Å²) in [5.74, 6) is -5.41. The van der Waals surface area contributed by atoms with E-state index in [0.717, 1.165) is 6.92 Å². The van der Waals surface area contributed by atoms with E-state index in [2.05, 4.69) is 5.32 Å². The first-order valence-corrected chi connectivity index (χ1v) is 7.91. The zero-order chi connectivity index (χ0) is 21.3. The van der Waals surface area contributed by atoms with Crippen molar-refractivity contribution in [3.8, 4) is 11.8 Å². The van der Waals surface area contributed by atoms with Crippen molar-refractivity contribution in [2.75, 3.05) is 5.32 Å². The molecule has 0 aliphatic heterocycles. The Balaban J connectivity index is 2.15. The number of carbonyl (C=O) groups is 2. The summed E-state index contributed by atoms with van der Waals surface area (Å²) in [5.41, 5.74) is -2.23. The molecule has 0 saturated carbocycles. The number of para-hydroxylation sites is 1. The SMILES string of the molecule is CC(=O)Oc1ccccc1C(=O)Nc1c(C#N)[n+]([O-])c2cc(F)c(F)cc2[n+]1[O-]. The third kappa shape index (κ3) is 3.46. The van der Waals surface area contributed by atoms with E-state index in [0.29, 0.717) is 12.1 Å². The second-order valence-electron chi connectivity index (χ2n) is 5.70. The van der Waals surface area contributed by atoms with Gasteiger partial charge in [-0.1, -0.05) is 12.1 Å². The monoisotopic (exact) mass is 400 g/mol. The van der Waals surface area contributed by atoms with Crippen LogP contribution in [0.2, 0.25) is 0 Å². The molecular formula is C18H10F2N4O5. The number of hydrogen-bond acceptors (Lipinski definition) is 6. The van der Waals surface area contributed by atoms with Gasteiger partial charge in [0.2, 0.25) is 5.52 Å². The van der Waals surface area contributed by atoms with Crippen LogP contribution < -0.4 is 19.5 Å². The number of fused-ring (bicyclic) bond motifs is 1. The van der Waals surface area contributed by atoms with Crippen molar-refractivity contribution in [3.05, 3.63) is 69.7 Å². The molecule has 1 amide bonds. The van der Waals surface area contributed by atoms with Crippen LogP contribution in [0.5, 0.6) is 5.75 Å². The molecule has 29 heavy (non-hydrogen) atoms. The van der Waals surface area contributed by atoms with Gasteiger partial charge in [-0.2, -0.15) is 10.6 Å². The second kappa shape index (κ2) is 7.35. The quantitative estimate of drug-likeness (QED) is 0.306. The number of anilines is 1. The molecule has 0 fully saturated rings. The topological polar surface area (TPSA) is 133 Å². The molecule has 1 heterocycles. The first kappa shape index (κ1) is 19.4. The van der Waals surface area contributed by atoms with Gasteiger partial charge in [0.25, 0.3) is 5.52 Å². The summed E-state index contributed by atoms with van der Waals surface area (Å²) in [6, 6.07) is 7.91. The van der Waals surface area contributed by atoms with Gasteiger partial charge in [0, 0.05) is 13.0 Å². The van der Waals surface area contributed by atoms with Crippen LogP contribution in [0.3, 0.4) is 0 Å². The van der Waals surface area contributed by atoms with Gasteiger partial charge in [0.1, 0.15) is 11.3 Å².